The highest BCUT2D eigenvalue weighted by molar-refractivity contribution is 5.89. The lowest BCUT2D eigenvalue weighted by atomic mass is 9.76. The van der Waals surface area contributed by atoms with Crippen LogP contribution in [0, 0.1) is 40.8 Å². The largest absolute Gasteiger partial charge is 0.206 e. The van der Waals surface area contributed by atoms with Crippen LogP contribution < -0.4 is 0 Å². The van der Waals surface area contributed by atoms with Crippen molar-refractivity contribution in [1.29, 1.82) is 0 Å². The predicted molar refractivity (Wildman–Crippen MR) is 118 cm³/mol. The van der Waals surface area contributed by atoms with E-state index in [0.717, 1.165) is 32.1 Å². The Morgan fingerprint density at radius 1 is 0.727 bits per heavy atom. The molecule has 0 aromatic heterocycles. The molecule has 176 valence electrons. The van der Waals surface area contributed by atoms with E-state index in [0.29, 0.717) is 18.1 Å². The Bertz CT molecular complexity index is 1140. The molecule has 1 aliphatic rings. The minimum atomic E-state index is -1.68. The Kier molecular flexibility index (Phi) is 7.01. The third kappa shape index (κ3) is 4.62. The molecule has 0 amide bonds. The molecule has 0 nitrogen and oxygen atoms in total. The smallest absolute Gasteiger partial charge is 0.194 e. The number of unbranched alkanes of at least 4 members (excludes halogenated alkanes) is 2. The van der Waals surface area contributed by atoms with Gasteiger partial charge in [0.25, 0.3) is 0 Å². The predicted octanol–water partition coefficient (Wildman–Crippen LogP) is 9.20. The summed E-state index contributed by atoms with van der Waals surface area (Å²) in [5.41, 5.74) is -0.381. The standard InChI is InChI=1S/C27H26F6/c1-2-3-4-5-15-6-8-16(9-7-15)20-12-17-10-11-19(24(30)23(17)27(33)25(20)31)18-13-21(28)26(32)22(29)14-18/h10-16H,2-9H2,1H3. The van der Waals surface area contributed by atoms with Gasteiger partial charge in [-0.25, -0.2) is 26.3 Å². The summed E-state index contributed by atoms with van der Waals surface area (Å²) < 4.78 is 85.8. The fraction of sp³-hybridized carbons (Fsp3) is 0.407. The second-order valence-corrected chi connectivity index (χ2v) is 9.09. The molecule has 4 rings (SSSR count). The fourth-order valence-corrected chi connectivity index (χ4v) is 5.08. The Hall–Kier alpha value is -2.50. The molecule has 0 spiro atoms. The summed E-state index contributed by atoms with van der Waals surface area (Å²) in [5.74, 6) is -7.71. The minimum Gasteiger partial charge on any atom is -0.206 e. The van der Waals surface area contributed by atoms with Crippen molar-refractivity contribution in [2.24, 2.45) is 5.92 Å². The molecule has 0 unspecified atom stereocenters. The lowest BCUT2D eigenvalue weighted by Crippen LogP contribution is -2.15. The van der Waals surface area contributed by atoms with E-state index in [4.69, 9.17) is 0 Å². The Balaban J connectivity index is 1.65. The Morgan fingerprint density at radius 3 is 2.03 bits per heavy atom. The van der Waals surface area contributed by atoms with Crippen molar-refractivity contribution < 1.29 is 26.3 Å². The molecule has 1 aliphatic carbocycles. The number of fused-ring (bicyclic) bond motifs is 1. The van der Waals surface area contributed by atoms with Crippen LogP contribution in [0.15, 0.2) is 30.3 Å². The van der Waals surface area contributed by atoms with Gasteiger partial charge in [0.15, 0.2) is 29.1 Å². The molecular formula is C27H26F6. The molecule has 3 aromatic carbocycles. The van der Waals surface area contributed by atoms with E-state index in [1.165, 1.54) is 37.5 Å². The highest BCUT2D eigenvalue weighted by Gasteiger charge is 2.28. The van der Waals surface area contributed by atoms with Crippen LogP contribution in [0.25, 0.3) is 21.9 Å². The van der Waals surface area contributed by atoms with Gasteiger partial charge in [-0.05, 0) is 72.2 Å². The van der Waals surface area contributed by atoms with Crippen LogP contribution in [0.2, 0.25) is 0 Å². The van der Waals surface area contributed by atoms with Crippen molar-refractivity contribution in [2.45, 2.75) is 64.2 Å². The first-order valence-electron chi connectivity index (χ1n) is 11.6. The van der Waals surface area contributed by atoms with E-state index in [9.17, 15) is 13.2 Å². The van der Waals surface area contributed by atoms with E-state index in [1.54, 1.807) is 0 Å². The van der Waals surface area contributed by atoms with Gasteiger partial charge in [0, 0.05) is 5.56 Å². The van der Waals surface area contributed by atoms with Crippen LogP contribution in [-0.2, 0) is 0 Å². The van der Waals surface area contributed by atoms with Crippen LogP contribution in [-0.4, -0.2) is 0 Å². The Morgan fingerprint density at radius 2 is 1.39 bits per heavy atom. The van der Waals surface area contributed by atoms with Crippen LogP contribution >= 0.6 is 0 Å². The van der Waals surface area contributed by atoms with Gasteiger partial charge in [-0.3, -0.25) is 0 Å². The lowest BCUT2D eigenvalue weighted by Gasteiger charge is -2.29. The monoisotopic (exact) mass is 464 g/mol. The molecule has 0 bridgehead atoms. The van der Waals surface area contributed by atoms with E-state index >= 15 is 13.2 Å². The van der Waals surface area contributed by atoms with E-state index in [-0.39, 0.29) is 28.0 Å². The van der Waals surface area contributed by atoms with Crippen molar-refractivity contribution in [2.75, 3.05) is 0 Å². The zero-order valence-corrected chi connectivity index (χ0v) is 18.5. The van der Waals surface area contributed by atoms with Gasteiger partial charge < -0.3 is 0 Å². The highest BCUT2D eigenvalue weighted by Crippen LogP contribution is 2.41. The average molecular weight is 464 g/mol. The summed E-state index contributed by atoms with van der Waals surface area (Å²) in [6.45, 7) is 2.16. The van der Waals surface area contributed by atoms with Crippen molar-refractivity contribution in [1.82, 2.24) is 0 Å². The molecule has 0 heterocycles. The third-order valence-electron chi connectivity index (χ3n) is 6.95. The maximum absolute atomic E-state index is 15.2. The summed E-state index contributed by atoms with van der Waals surface area (Å²) in [7, 11) is 0. The van der Waals surface area contributed by atoms with Gasteiger partial charge >= 0.3 is 0 Å². The first-order chi connectivity index (χ1) is 15.8. The van der Waals surface area contributed by atoms with E-state index < -0.39 is 40.3 Å². The topological polar surface area (TPSA) is 0 Å². The third-order valence-corrected chi connectivity index (χ3v) is 6.95. The number of hydrogen-bond donors (Lipinski definition) is 0. The van der Waals surface area contributed by atoms with Gasteiger partial charge in [-0.1, -0.05) is 44.7 Å². The first-order valence-corrected chi connectivity index (χ1v) is 11.6. The molecule has 1 fully saturated rings. The van der Waals surface area contributed by atoms with Gasteiger partial charge in [0.2, 0.25) is 0 Å². The van der Waals surface area contributed by atoms with Crippen LogP contribution in [0.1, 0.15) is 69.8 Å². The molecule has 0 saturated heterocycles. The SMILES string of the molecule is CCCCCC1CCC(c2cc3ccc(-c4cc(F)c(F)c(F)c4)c(F)c3c(F)c2F)CC1. The highest BCUT2D eigenvalue weighted by atomic mass is 19.2. The van der Waals surface area contributed by atoms with Gasteiger partial charge in [0.1, 0.15) is 5.82 Å². The van der Waals surface area contributed by atoms with Crippen LogP contribution in [0.3, 0.4) is 0 Å². The maximum Gasteiger partial charge on any atom is 0.194 e. The molecule has 0 N–H and O–H groups in total. The maximum atomic E-state index is 15.2. The molecule has 0 atom stereocenters. The summed E-state index contributed by atoms with van der Waals surface area (Å²) in [6, 6.07) is 5.38. The van der Waals surface area contributed by atoms with Gasteiger partial charge in [0.05, 0.1) is 5.39 Å². The molecule has 33 heavy (non-hydrogen) atoms. The second-order valence-electron chi connectivity index (χ2n) is 9.09. The summed E-state index contributed by atoms with van der Waals surface area (Å²) in [5, 5.41) is -0.398. The van der Waals surface area contributed by atoms with Crippen LogP contribution in [0.4, 0.5) is 26.3 Å². The molecule has 6 heteroatoms. The quantitative estimate of drug-likeness (QED) is 0.194. The van der Waals surface area contributed by atoms with Crippen molar-refractivity contribution in [3.63, 3.8) is 0 Å². The van der Waals surface area contributed by atoms with Crippen molar-refractivity contribution >= 4 is 10.8 Å². The molecule has 1 saturated carbocycles. The average Bonchev–Trinajstić information content (AvgIpc) is 2.80. The van der Waals surface area contributed by atoms with Crippen molar-refractivity contribution in [3.05, 3.63) is 70.8 Å². The van der Waals surface area contributed by atoms with Crippen molar-refractivity contribution in [3.8, 4) is 11.1 Å². The van der Waals surface area contributed by atoms with Gasteiger partial charge in [-0.2, -0.15) is 0 Å². The number of hydrogen-bond acceptors (Lipinski definition) is 0. The van der Waals surface area contributed by atoms with Gasteiger partial charge in [-0.15, -0.1) is 0 Å². The molecule has 0 radical (unpaired) electrons. The summed E-state index contributed by atoms with van der Waals surface area (Å²) in [4.78, 5) is 0. The lowest BCUT2D eigenvalue weighted by molar-refractivity contribution is 0.298. The minimum absolute atomic E-state index is 0.130. The van der Waals surface area contributed by atoms with Crippen LogP contribution in [0.5, 0.6) is 0 Å². The summed E-state index contributed by atoms with van der Waals surface area (Å²) >= 11 is 0. The number of rotatable bonds is 6. The molecular weight excluding hydrogens is 438 g/mol. The number of halogens is 6. The Labute approximate surface area is 189 Å². The second kappa shape index (κ2) is 9.78. The zero-order chi connectivity index (χ0) is 23.7. The first kappa shape index (κ1) is 23.7. The normalized spacial score (nSPS) is 18.8. The molecule has 3 aromatic rings. The van der Waals surface area contributed by atoms with E-state index in [1.807, 2.05) is 0 Å². The number of benzene rings is 3. The fourth-order valence-electron chi connectivity index (χ4n) is 5.08. The summed E-state index contributed by atoms with van der Waals surface area (Å²) in [6.07, 6.45) is 8.16. The zero-order valence-electron chi connectivity index (χ0n) is 18.5. The molecule has 0 aliphatic heterocycles. The van der Waals surface area contributed by atoms with E-state index in [2.05, 4.69) is 6.92 Å².